The van der Waals surface area contributed by atoms with E-state index in [0.29, 0.717) is 37.5 Å². The number of fused-ring (bicyclic) bond motifs is 1. The molecule has 37 heavy (non-hydrogen) atoms. The average molecular weight is 511 g/mol. The molecule has 1 fully saturated rings. The molecule has 0 spiro atoms. The Labute approximate surface area is 217 Å². The van der Waals surface area contributed by atoms with Gasteiger partial charge in [0, 0.05) is 49.9 Å². The Balaban J connectivity index is 1.48. The van der Waals surface area contributed by atoms with Crippen molar-refractivity contribution < 1.29 is 9.59 Å². The number of carbonyl (C=O) groups is 2. The summed E-state index contributed by atoms with van der Waals surface area (Å²) in [4.78, 5) is 47.5. The predicted octanol–water partition coefficient (Wildman–Crippen LogP) is 0.926. The summed E-state index contributed by atoms with van der Waals surface area (Å²) in [5.74, 6) is 2.19. The van der Waals surface area contributed by atoms with Crippen molar-refractivity contribution in [2.24, 2.45) is 10.9 Å². The molecule has 3 heterocycles. The Bertz CT molecular complexity index is 1200. The van der Waals surface area contributed by atoms with Crippen molar-refractivity contribution in [3.8, 4) is 0 Å². The molecule has 2 aromatic rings. The first-order chi connectivity index (χ1) is 17.8. The van der Waals surface area contributed by atoms with Crippen LogP contribution in [0, 0.1) is 5.92 Å². The van der Waals surface area contributed by atoms with Crippen LogP contribution in [0.2, 0.25) is 0 Å². The van der Waals surface area contributed by atoms with E-state index in [-0.39, 0.29) is 30.3 Å². The third kappa shape index (κ3) is 6.62. The van der Waals surface area contributed by atoms with Gasteiger partial charge in [0.1, 0.15) is 12.2 Å². The Hall–Kier alpha value is -3.54. The molecule has 1 unspecified atom stereocenters. The number of aliphatic imine (C=N–C) groups is 1. The number of amides is 2. The summed E-state index contributed by atoms with van der Waals surface area (Å²) in [6, 6.07) is -0.159. The minimum Gasteiger partial charge on any atom is -0.364 e. The lowest BCUT2D eigenvalue weighted by Gasteiger charge is -2.26. The highest BCUT2D eigenvalue weighted by Gasteiger charge is 2.34. The first-order valence-corrected chi connectivity index (χ1v) is 12.9. The number of imidazole rings is 1. The van der Waals surface area contributed by atoms with Crippen LogP contribution in [0.25, 0.3) is 16.7 Å². The second kappa shape index (κ2) is 11.7. The Kier molecular flexibility index (Phi) is 8.37. The number of amidine groups is 1. The number of aromatic nitrogens is 4. The summed E-state index contributed by atoms with van der Waals surface area (Å²) in [6.45, 7) is 8.92. The second-order valence-electron chi connectivity index (χ2n) is 9.98. The fourth-order valence-electron chi connectivity index (χ4n) is 4.29. The van der Waals surface area contributed by atoms with Gasteiger partial charge < -0.3 is 30.3 Å². The van der Waals surface area contributed by atoms with E-state index in [2.05, 4.69) is 42.4 Å². The highest BCUT2D eigenvalue weighted by molar-refractivity contribution is 5.89. The van der Waals surface area contributed by atoms with Gasteiger partial charge in [0.25, 0.3) is 0 Å². The maximum Gasteiger partial charge on any atom is 0.239 e. The minimum atomic E-state index is -0.159. The van der Waals surface area contributed by atoms with Gasteiger partial charge in [0.15, 0.2) is 17.0 Å². The van der Waals surface area contributed by atoms with Crippen LogP contribution in [0.4, 0.5) is 5.82 Å². The van der Waals surface area contributed by atoms with E-state index in [1.54, 1.807) is 4.90 Å². The molecule has 2 aliphatic rings. The van der Waals surface area contributed by atoms with Gasteiger partial charge in [-0.1, -0.05) is 0 Å². The number of hydrogen-bond donors (Lipinski definition) is 3. The van der Waals surface area contributed by atoms with Crippen molar-refractivity contribution in [2.75, 3.05) is 52.1 Å². The topological polar surface area (TPSA) is 133 Å². The highest BCUT2D eigenvalue weighted by atomic mass is 16.2. The molecule has 2 aromatic heterocycles. The first kappa shape index (κ1) is 26.5. The molecule has 0 bridgehead atoms. The van der Waals surface area contributed by atoms with E-state index >= 15 is 0 Å². The van der Waals surface area contributed by atoms with Gasteiger partial charge in [-0.15, -0.1) is 0 Å². The molecule has 0 saturated heterocycles. The van der Waals surface area contributed by atoms with E-state index in [9.17, 15) is 9.59 Å². The molecular weight excluding hydrogens is 472 g/mol. The third-order valence-corrected chi connectivity index (χ3v) is 6.41. The van der Waals surface area contributed by atoms with Crippen LogP contribution in [0.3, 0.4) is 0 Å². The van der Waals surface area contributed by atoms with Gasteiger partial charge in [0.2, 0.25) is 11.8 Å². The number of anilines is 1. The summed E-state index contributed by atoms with van der Waals surface area (Å²) in [5.41, 5.74) is 2.38. The van der Waals surface area contributed by atoms with Gasteiger partial charge >= 0.3 is 0 Å². The van der Waals surface area contributed by atoms with Crippen LogP contribution in [0.15, 0.2) is 17.5 Å². The molecule has 12 nitrogen and oxygen atoms in total. The number of aryl methyl sites for hydroxylation is 1. The number of carbonyl (C=O) groups excluding carboxylic acids is 2. The van der Waals surface area contributed by atoms with E-state index in [1.807, 2.05) is 39.0 Å². The smallest absolute Gasteiger partial charge is 0.239 e. The molecule has 0 radical (unpaired) electrons. The fourth-order valence-corrected chi connectivity index (χ4v) is 4.29. The SMILES string of the molecule is CCn1c(C2=CNC(C)=NC2)nc2c(NC(C)CN(CC(=O)NCCN(C)C)C(=O)C3CC3)ncnc21. The molecule has 200 valence electrons. The van der Waals surface area contributed by atoms with Gasteiger partial charge in [0.05, 0.1) is 18.9 Å². The van der Waals surface area contributed by atoms with Gasteiger partial charge in [-0.05, 0) is 47.7 Å². The Morgan fingerprint density at radius 2 is 2.05 bits per heavy atom. The molecule has 12 heteroatoms. The van der Waals surface area contributed by atoms with E-state index < -0.39 is 0 Å². The molecule has 3 N–H and O–H groups in total. The summed E-state index contributed by atoms with van der Waals surface area (Å²) in [5, 5.41) is 9.48. The fraction of sp³-hybridized carbons (Fsp3) is 0.600. The van der Waals surface area contributed by atoms with Gasteiger partial charge in [-0.3, -0.25) is 14.6 Å². The molecular formula is C25H38N10O2. The lowest BCUT2D eigenvalue weighted by molar-refractivity contribution is -0.137. The lowest BCUT2D eigenvalue weighted by Crippen LogP contribution is -2.46. The van der Waals surface area contributed by atoms with Gasteiger partial charge in [-0.2, -0.15) is 0 Å². The largest absolute Gasteiger partial charge is 0.364 e. The maximum absolute atomic E-state index is 13.0. The number of nitrogens with zero attached hydrogens (tertiary/aromatic N) is 7. The van der Waals surface area contributed by atoms with Crippen LogP contribution in [0.5, 0.6) is 0 Å². The molecule has 0 aromatic carbocycles. The highest BCUT2D eigenvalue weighted by Crippen LogP contribution is 2.31. The number of likely N-dealkylation sites (N-methyl/N-ethyl adjacent to an activating group) is 1. The number of hydrogen-bond acceptors (Lipinski definition) is 9. The van der Waals surface area contributed by atoms with E-state index in [0.717, 1.165) is 42.3 Å². The van der Waals surface area contributed by atoms with Crippen molar-refractivity contribution in [1.82, 2.24) is 40.0 Å². The monoisotopic (exact) mass is 510 g/mol. The molecule has 2 amide bonds. The van der Waals surface area contributed by atoms with Crippen LogP contribution >= 0.6 is 0 Å². The van der Waals surface area contributed by atoms with Crippen molar-refractivity contribution >= 4 is 40.2 Å². The number of rotatable bonds is 12. The zero-order chi connectivity index (χ0) is 26.5. The Morgan fingerprint density at radius 3 is 2.70 bits per heavy atom. The quantitative estimate of drug-likeness (QED) is 0.384. The van der Waals surface area contributed by atoms with Crippen LogP contribution in [0.1, 0.15) is 39.4 Å². The zero-order valence-corrected chi connectivity index (χ0v) is 22.4. The summed E-state index contributed by atoms with van der Waals surface area (Å²) in [7, 11) is 3.91. The van der Waals surface area contributed by atoms with E-state index in [4.69, 9.17) is 4.98 Å². The zero-order valence-electron chi connectivity index (χ0n) is 22.4. The standard InChI is InChI=1S/C25H38N10O2/c1-6-35-23(19-11-27-17(3)28-12-19)32-21-22(29-15-30-24(21)35)31-16(2)13-34(25(37)18-7-8-18)14-20(36)26-9-10-33(4)5/h11,15-16,18H,6-10,12-14H2,1-5H3,(H,26,36)(H,27,28)(H,29,30,31). The first-order valence-electron chi connectivity index (χ1n) is 12.9. The van der Waals surface area contributed by atoms with Gasteiger partial charge in [-0.25, -0.2) is 15.0 Å². The maximum atomic E-state index is 13.0. The molecule has 1 aliphatic carbocycles. The summed E-state index contributed by atoms with van der Waals surface area (Å²) in [6.07, 6.45) is 5.23. The molecule has 4 rings (SSSR count). The lowest BCUT2D eigenvalue weighted by atomic mass is 10.2. The van der Waals surface area contributed by atoms with Crippen LogP contribution in [-0.2, 0) is 16.1 Å². The minimum absolute atomic E-state index is 0.0269. The summed E-state index contributed by atoms with van der Waals surface area (Å²) < 4.78 is 2.05. The second-order valence-corrected chi connectivity index (χ2v) is 9.98. The third-order valence-electron chi connectivity index (χ3n) is 6.41. The normalized spacial score (nSPS) is 16.2. The average Bonchev–Trinajstić information content (AvgIpc) is 3.64. The van der Waals surface area contributed by atoms with Crippen molar-refractivity contribution in [2.45, 2.75) is 46.2 Å². The van der Waals surface area contributed by atoms with Crippen LogP contribution in [-0.4, -0.2) is 99.8 Å². The summed E-state index contributed by atoms with van der Waals surface area (Å²) >= 11 is 0. The molecule has 1 aliphatic heterocycles. The van der Waals surface area contributed by atoms with Crippen molar-refractivity contribution in [3.63, 3.8) is 0 Å². The van der Waals surface area contributed by atoms with Crippen molar-refractivity contribution in [1.29, 1.82) is 0 Å². The van der Waals surface area contributed by atoms with Crippen molar-refractivity contribution in [3.05, 3.63) is 18.4 Å². The molecule has 1 saturated carbocycles. The Morgan fingerprint density at radius 1 is 1.27 bits per heavy atom. The van der Waals surface area contributed by atoms with Crippen LogP contribution < -0.4 is 16.0 Å². The predicted molar refractivity (Wildman–Crippen MR) is 144 cm³/mol. The number of nitrogens with one attached hydrogen (secondary N) is 3. The molecule has 1 atom stereocenters. The van der Waals surface area contributed by atoms with E-state index in [1.165, 1.54) is 6.33 Å².